The highest BCUT2D eigenvalue weighted by Crippen LogP contribution is 2.51. The lowest BCUT2D eigenvalue weighted by Crippen LogP contribution is -2.65. The zero-order chi connectivity index (χ0) is 37.0. The molecule has 2 aromatic heterocycles. The van der Waals surface area contributed by atoms with Gasteiger partial charge in [0.15, 0.2) is 0 Å². The van der Waals surface area contributed by atoms with Crippen LogP contribution in [0.3, 0.4) is 0 Å². The van der Waals surface area contributed by atoms with Crippen LogP contribution in [0.4, 0.5) is 0 Å². The van der Waals surface area contributed by atoms with E-state index in [1.54, 1.807) is 30.5 Å². The molecular formula is C37H52Cl2N8O4. The van der Waals surface area contributed by atoms with E-state index < -0.39 is 5.54 Å². The zero-order valence-electron chi connectivity index (χ0n) is 30.4. The number of likely N-dealkylation sites (tertiary alicyclic amines) is 2. The number of carbonyl (C=O) groups is 4. The van der Waals surface area contributed by atoms with Crippen LogP contribution in [0.15, 0.2) is 30.5 Å². The first-order valence-electron chi connectivity index (χ1n) is 17.9. The summed E-state index contributed by atoms with van der Waals surface area (Å²) in [7, 11) is 0. The minimum atomic E-state index is -0.575. The molecule has 0 atom stereocenters. The molecule has 51 heavy (non-hydrogen) atoms. The van der Waals surface area contributed by atoms with E-state index in [9.17, 15) is 19.2 Å². The summed E-state index contributed by atoms with van der Waals surface area (Å²) in [6.07, 6.45) is 5.94. The highest BCUT2D eigenvalue weighted by Gasteiger charge is 2.52. The molecule has 4 heterocycles. The van der Waals surface area contributed by atoms with Gasteiger partial charge in [-0.05, 0) is 121 Å². The van der Waals surface area contributed by atoms with Crippen molar-refractivity contribution in [1.29, 1.82) is 0 Å². The van der Waals surface area contributed by atoms with Crippen LogP contribution in [0.1, 0.15) is 86.8 Å². The van der Waals surface area contributed by atoms with E-state index in [-0.39, 0.29) is 40.3 Å². The number of rotatable bonds is 13. The van der Waals surface area contributed by atoms with Gasteiger partial charge in [-0.25, -0.2) is 4.98 Å². The van der Waals surface area contributed by atoms with E-state index in [2.05, 4.69) is 41.0 Å². The number of hydrogen-bond acceptors (Lipinski definition) is 8. The molecule has 2 aliphatic heterocycles. The number of halogens is 2. The second-order valence-corrected chi connectivity index (χ2v) is 17.3. The molecule has 4 amide bonds. The molecule has 0 radical (unpaired) electrons. The number of aromatic nitrogens is 2. The molecule has 2 aromatic rings. The summed E-state index contributed by atoms with van der Waals surface area (Å²) in [5, 5.41) is 12.8. The maximum Gasteiger partial charge on any atom is 0.269 e. The van der Waals surface area contributed by atoms with Gasteiger partial charge in [-0.2, -0.15) is 0 Å². The molecule has 3 aliphatic rings. The van der Waals surface area contributed by atoms with Crippen LogP contribution in [0.5, 0.6) is 0 Å². The van der Waals surface area contributed by atoms with Crippen LogP contribution in [-0.4, -0.2) is 107 Å². The Morgan fingerprint density at radius 3 is 2.08 bits per heavy atom. The monoisotopic (exact) mass is 742 g/mol. The van der Waals surface area contributed by atoms with Crippen LogP contribution in [0, 0.1) is 17.3 Å². The number of nitrogens with one attached hydrogen (secondary N) is 4. The highest BCUT2D eigenvalue weighted by molar-refractivity contribution is 6.31. The fourth-order valence-electron chi connectivity index (χ4n) is 7.63. The molecule has 278 valence electrons. The Balaban J connectivity index is 0.973. The Morgan fingerprint density at radius 1 is 0.843 bits per heavy atom. The molecule has 2 saturated heterocycles. The fraction of sp³-hybridized carbons (Fsp3) is 0.622. The van der Waals surface area contributed by atoms with E-state index >= 15 is 0 Å². The van der Waals surface area contributed by atoms with Crippen molar-refractivity contribution >= 4 is 46.8 Å². The van der Waals surface area contributed by atoms with Gasteiger partial charge in [0, 0.05) is 48.5 Å². The summed E-state index contributed by atoms with van der Waals surface area (Å²) in [5.74, 6) is 0.248. The first kappa shape index (κ1) is 38.9. The molecule has 0 unspecified atom stereocenters. The van der Waals surface area contributed by atoms with Crippen molar-refractivity contribution < 1.29 is 19.2 Å². The lowest BCUT2D eigenvalue weighted by Gasteiger charge is -2.59. The number of piperidine rings is 1. The molecule has 4 N–H and O–H groups in total. The van der Waals surface area contributed by atoms with E-state index in [0.29, 0.717) is 60.3 Å². The van der Waals surface area contributed by atoms with Gasteiger partial charge in [0.05, 0.1) is 13.1 Å². The lowest BCUT2D eigenvalue weighted by molar-refractivity contribution is -0.133. The van der Waals surface area contributed by atoms with E-state index in [1.807, 2.05) is 34.6 Å². The maximum absolute atomic E-state index is 13.0. The summed E-state index contributed by atoms with van der Waals surface area (Å²) >= 11 is 12.5. The van der Waals surface area contributed by atoms with Crippen molar-refractivity contribution in [2.45, 2.75) is 77.8 Å². The standard InChI is InChI=1S/C37H52Cl2N8O4/c1-35(2,3)44-31(48)20-46-11-9-24(10-12-46)17-41-34(51)29-13-27(38)26(19-40-29)16-36(4,5)45-32(49)21-47-22-37(23-47)14-25(15-37)18-42-33(50)28-7-6-8-30(39)43-28/h6-8,13,19,24-25H,9-12,14-18,20-23H2,1-5H3,(H,41,51)(H,42,50)(H,44,48)(H,45,49). The van der Waals surface area contributed by atoms with Gasteiger partial charge in [-0.3, -0.25) is 34.0 Å². The molecule has 12 nitrogen and oxygen atoms in total. The van der Waals surface area contributed by atoms with E-state index in [0.717, 1.165) is 57.4 Å². The molecule has 0 bridgehead atoms. The molecular weight excluding hydrogens is 691 g/mol. The molecule has 1 saturated carbocycles. The fourth-order valence-corrected chi connectivity index (χ4v) is 8.02. The molecule has 1 aliphatic carbocycles. The van der Waals surface area contributed by atoms with Gasteiger partial charge in [0.25, 0.3) is 11.8 Å². The normalized spacial score (nSPS) is 18.4. The average molecular weight is 744 g/mol. The third kappa shape index (κ3) is 11.3. The Morgan fingerprint density at radius 2 is 1.45 bits per heavy atom. The Labute approximate surface area is 311 Å². The van der Waals surface area contributed by atoms with Crippen LogP contribution in [0.2, 0.25) is 10.2 Å². The van der Waals surface area contributed by atoms with Gasteiger partial charge < -0.3 is 21.3 Å². The number of hydrogen-bond donors (Lipinski definition) is 4. The molecule has 1 spiro atoms. The number of amides is 4. The third-order valence-corrected chi connectivity index (χ3v) is 10.4. The predicted octanol–water partition coefficient (Wildman–Crippen LogP) is 3.72. The number of pyridine rings is 2. The molecule has 5 rings (SSSR count). The number of nitrogens with zero attached hydrogens (tertiary/aromatic N) is 4. The van der Waals surface area contributed by atoms with Gasteiger partial charge in [-0.15, -0.1) is 0 Å². The topological polar surface area (TPSA) is 149 Å². The minimum absolute atomic E-state index is 0.0324. The smallest absolute Gasteiger partial charge is 0.269 e. The van der Waals surface area contributed by atoms with Crippen molar-refractivity contribution in [1.82, 2.24) is 41.0 Å². The van der Waals surface area contributed by atoms with Crippen molar-refractivity contribution in [3.63, 3.8) is 0 Å². The highest BCUT2D eigenvalue weighted by atomic mass is 35.5. The van der Waals surface area contributed by atoms with Gasteiger partial charge in [0.2, 0.25) is 11.8 Å². The van der Waals surface area contributed by atoms with Crippen molar-refractivity contribution in [2.24, 2.45) is 17.3 Å². The summed E-state index contributed by atoms with van der Waals surface area (Å²) in [6.45, 7) is 15.1. The number of carbonyl (C=O) groups excluding carboxylic acids is 4. The SMILES string of the molecule is CC(C)(C)NC(=O)CN1CCC(CNC(=O)c2cc(Cl)c(CC(C)(C)NC(=O)CN3CC4(CC(CNC(=O)c5cccc(Cl)n5)C4)C3)cn2)CC1. The van der Waals surface area contributed by atoms with E-state index in [1.165, 1.54) is 0 Å². The summed E-state index contributed by atoms with van der Waals surface area (Å²) in [5.41, 5.74) is 0.739. The third-order valence-electron chi connectivity index (χ3n) is 9.84. The van der Waals surface area contributed by atoms with Gasteiger partial charge in [-0.1, -0.05) is 29.3 Å². The average Bonchev–Trinajstić information content (AvgIpc) is 3.00. The van der Waals surface area contributed by atoms with Crippen LogP contribution in [0.25, 0.3) is 0 Å². The quantitative estimate of drug-likeness (QED) is 0.227. The summed E-state index contributed by atoms with van der Waals surface area (Å²) in [4.78, 5) is 63.2. The predicted molar refractivity (Wildman–Crippen MR) is 198 cm³/mol. The Kier molecular flexibility index (Phi) is 12.3. The lowest BCUT2D eigenvalue weighted by atomic mass is 9.57. The van der Waals surface area contributed by atoms with Crippen LogP contribution < -0.4 is 21.3 Å². The second kappa shape index (κ2) is 16.1. The van der Waals surface area contributed by atoms with Crippen LogP contribution in [-0.2, 0) is 16.0 Å². The Hall–Kier alpha value is -3.32. The van der Waals surface area contributed by atoms with E-state index in [4.69, 9.17) is 23.2 Å². The van der Waals surface area contributed by atoms with Crippen molar-refractivity contribution in [3.8, 4) is 0 Å². The van der Waals surface area contributed by atoms with Crippen LogP contribution >= 0.6 is 23.2 Å². The Bertz CT molecular complexity index is 1590. The van der Waals surface area contributed by atoms with Crippen molar-refractivity contribution in [3.05, 3.63) is 57.6 Å². The van der Waals surface area contributed by atoms with Gasteiger partial charge >= 0.3 is 0 Å². The first-order chi connectivity index (χ1) is 24.0. The summed E-state index contributed by atoms with van der Waals surface area (Å²) in [6, 6.07) is 6.59. The maximum atomic E-state index is 13.0. The largest absolute Gasteiger partial charge is 0.350 e. The van der Waals surface area contributed by atoms with Crippen molar-refractivity contribution in [2.75, 3.05) is 52.4 Å². The minimum Gasteiger partial charge on any atom is -0.350 e. The van der Waals surface area contributed by atoms with Gasteiger partial charge in [0.1, 0.15) is 16.5 Å². The zero-order valence-corrected chi connectivity index (χ0v) is 31.9. The molecule has 0 aromatic carbocycles. The molecule has 3 fully saturated rings. The second-order valence-electron chi connectivity index (χ2n) is 16.5. The summed E-state index contributed by atoms with van der Waals surface area (Å²) < 4.78 is 0. The first-order valence-corrected chi connectivity index (χ1v) is 18.6. The molecule has 14 heteroatoms.